The van der Waals surface area contributed by atoms with E-state index in [1.54, 1.807) is 11.4 Å². The number of para-hydroxylation sites is 1. The molecule has 0 aliphatic heterocycles. The Balaban J connectivity index is 1.84. The molecule has 1 aromatic heterocycles. The van der Waals surface area contributed by atoms with Gasteiger partial charge in [-0.25, -0.2) is 4.79 Å². The molecule has 0 spiro atoms. The summed E-state index contributed by atoms with van der Waals surface area (Å²) in [5.41, 5.74) is 6.24. The van der Waals surface area contributed by atoms with Gasteiger partial charge in [0.1, 0.15) is 10.8 Å². The van der Waals surface area contributed by atoms with Crippen LogP contribution in [0.1, 0.15) is 36.7 Å². The van der Waals surface area contributed by atoms with Gasteiger partial charge in [0, 0.05) is 0 Å². The molecule has 27 heavy (non-hydrogen) atoms. The van der Waals surface area contributed by atoms with Gasteiger partial charge in [-0.1, -0.05) is 39.0 Å². The molecule has 0 atom stereocenters. The van der Waals surface area contributed by atoms with Crippen molar-refractivity contribution >= 4 is 34.1 Å². The number of hydrogen-bond acceptors (Lipinski definition) is 6. The van der Waals surface area contributed by atoms with Crippen molar-refractivity contribution < 1.29 is 23.9 Å². The topological polar surface area (TPSA) is 108 Å². The highest BCUT2D eigenvalue weighted by atomic mass is 32.1. The summed E-state index contributed by atoms with van der Waals surface area (Å²) >= 11 is 1.15. The maximum absolute atomic E-state index is 11.9. The minimum Gasteiger partial charge on any atom is -0.482 e. The molecule has 144 valence electrons. The van der Waals surface area contributed by atoms with Crippen molar-refractivity contribution in [2.75, 3.05) is 18.5 Å². The molecule has 0 aliphatic rings. The minimum absolute atomic E-state index is 0.140. The number of carbonyl (C=O) groups is 3. The van der Waals surface area contributed by atoms with Gasteiger partial charge in [-0.05, 0) is 28.5 Å². The van der Waals surface area contributed by atoms with E-state index >= 15 is 0 Å². The molecule has 0 radical (unpaired) electrons. The van der Waals surface area contributed by atoms with E-state index in [1.165, 1.54) is 6.07 Å². The van der Waals surface area contributed by atoms with E-state index in [0.717, 1.165) is 16.9 Å². The van der Waals surface area contributed by atoms with Crippen molar-refractivity contribution in [2.24, 2.45) is 5.73 Å². The first-order valence-corrected chi connectivity index (χ1v) is 9.11. The molecule has 2 aromatic rings. The number of ether oxygens (including phenoxy) is 2. The number of primary amides is 1. The summed E-state index contributed by atoms with van der Waals surface area (Å²) in [5, 5.41) is 4.44. The first-order valence-electron chi connectivity index (χ1n) is 8.23. The van der Waals surface area contributed by atoms with Crippen LogP contribution in [0.25, 0.3) is 0 Å². The maximum atomic E-state index is 11.9. The Labute approximate surface area is 161 Å². The highest BCUT2D eigenvalue weighted by Gasteiger charge is 2.19. The number of nitrogens with two attached hydrogens (primary N) is 1. The van der Waals surface area contributed by atoms with E-state index in [1.807, 2.05) is 39.0 Å². The molecule has 8 heteroatoms. The second kappa shape index (κ2) is 8.68. The van der Waals surface area contributed by atoms with Gasteiger partial charge in [-0.2, -0.15) is 0 Å². The van der Waals surface area contributed by atoms with Crippen LogP contribution >= 0.6 is 11.3 Å². The highest BCUT2D eigenvalue weighted by Crippen LogP contribution is 2.30. The van der Waals surface area contributed by atoms with Crippen molar-refractivity contribution in [1.82, 2.24) is 0 Å². The first kappa shape index (κ1) is 20.4. The molecule has 2 rings (SSSR count). The number of esters is 1. The SMILES string of the molecule is CC(C)(C)c1ccccc1OCC(=O)OCC(=O)Nc1sccc1C(N)=O. The average Bonchev–Trinajstić information content (AvgIpc) is 3.06. The number of hydrogen-bond donors (Lipinski definition) is 2. The summed E-state index contributed by atoms with van der Waals surface area (Å²) in [6, 6.07) is 8.95. The molecule has 1 heterocycles. The third kappa shape index (κ3) is 5.82. The van der Waals surface area contributed by atoms with Crippen LogP contribution in [0.4, 0.5) is 5.00 Å². The Bertz CT molecular complexity index is 839. The van der Waals surface area contributed by atoms with Gasteiger partial charge in [0.2, 0.25) is 0 Å². The highest BCUT2D eigenvalue weighted by molar-refractivity contribution is 7.14. The molecule has 0 saturated heterocycles. The lowest BCUT2D eigenvalue weighted by molar-refractivity contribution is -0.149. The zero-order valence-corrected chi connectivity index (χ0v) is 16.2. The van der Waals surface area contributed by atoms with Crippen LogP contribution in [-0.4, -0.2) is 31.0 Å². The van der Waals surface area contributed by atoms with E-state index in [2.05, 4.69) is 5.32 Å². The molecule has 0 unspecified atom stereocenters. The molecular weight excluding hydrogens is 368 g/mol. The van der Waals surface area contributed by atoms with Crippen LogP contribution in [0.3, 0.4) is 0 Å². The fourth-order valence-corrected chi connectivity index (χ4v) is 3.11. The van der Waals surface area contributed by atoms with Crippen molar-refractivity contribution in [3.63, 3.8) is 0 Å². The molecule has 0 saturated carbocycles. The van der Waals surface area contributed by atoms with Gasteiger partial charge >= 0.3 is 5.97 Å². The summed E-state index contributed by atoms with van der Waals surface area (Å²) in [5.74, 6) is -1.29. The fourth-order valence-electron chi connectivity index (χ4n) is 2.30. The number of rotatable bonds is 7. The van der Waals surface area contributed by atoms with Gasteiger partial charge in [0.15, 0.2) is 13.2 Å². The normalized spacial score (nSPS) is 10.9. The van der Waals surface area contributed by atoms with Gasteiger partial charge in [0.05, 0.1) is 5.56 Å². The van der Waals surface area contributed by atoms with Crippen LogP contribution in [-0.2, 0) is 19.7 Å². The second-order valence-electron chi connectivity index (χ2n) is 6.77. The van der Waals surface area contributed by atoms with E-state index in [9.17, 15) is 14.4 Å². The fraction of sp³-hybridized carbons (Fsp3) is 0.316. The third-order valence-electron chi connectivity index (χ3n) is 3.59. The molecular formula is C19H22N2O5S. The number of benzene rings is 1. The van der Waals surface area contributed by atoms with E-state index in [4.69, 9.17) is 15.2 Å². The Morgan fingerprint density at radius 2 is 1.81 bits per heavy atom. The number of carbonyl (C=O) groups excluding carboxylic acids is 3. The summed E-state index contributed by atoms with van der Waals surface area (Å²) in [7, 11) is 0. The largest absolute Gasteiger partial charge is 0.482 e. The van der Waals surface area contributed by atoms with Crippen LogP contribution in [0.2, 0.25) is 0 Å². The first-order chi connectivity index (χ1) is 12.7. The third-order valence-corrected chi connectivity index (χ3v) is 4.42. The summed E-state index contributed by atoms with van der Waals surface area (Å²) in [4.78, 5) is 35.0. The smallest absolute Gasteiger partial charge is 0.344 e. The maximum Gasteiger partial charge on any atom is 0.344 e. The standard InChI is InChI=1S/C19H22N2O5S/c1-19(2,3)13-6-4-5-7-14(13)25-11-16(23)26-10-15(22)21-18-12(17(20)24)8-9-27-18/h4-9H,10-11H2,1-3H3,(H2,20,24)(H,21,22). The van der Waals surface area contributed by atoms with Gasteiger partial charge in [-0.15, -0.1) is 11.3 Å². The van der Waals surface area contributed by atoms with Crippen molar-refractivity contribution in [1.29, 1.82) is 0 Å². The predicted octanol–water partition coefficient (Wildman–Crippen LogP) is 2.71. The van der Waals surface area contributed by atoms with Gasteiger partial charge in [0.25, 0.3) is 11.8 Å². The monoisotopic (exact) mass is 390 g/mol. The number of nitrogens with one attached hydrogen (secondary N) is 1. The van der Waals surface area contributed by atoms with Crippen LogP contribution in [0.15, 0.2) is 35.7 Å². The molecule has 0 bridgehead atoms. The predicted molar refractivity (Wildman–Crippen MR) is 103 cm³/mol. The molecule has 7 nitrogen and oxygen atoms in total. The Morgan fingerprint density at radius 1 is 1.11 bits per heavy atom. The van der Waals surface area contributed by atoms with Gasteiger partial charge < -0.3 is 20.5 Å². The lowest BCUT2D eigenvalue weighted by atomic mass is 9.86. The van der Waals surface area contributed by atoms with E-state index in [-0.39, 0.29) is 17.6 Å². The van der Waals surface area contributed by atoms with E-state index < -0.39 is 24.4 Å². The van der Waals surface area contributed by atoms with E-state index in [0.29, 0.717) is 10.8 Å². The molecule has 0 aliphatic carbocycles. The quantitative estimate of drug-likeness (QED) is 0.707. The lowest BCUT2D eigenvalue weighted by Crippen LogP contribution is -2.25. The van der Waals surface area contributed by atoms with Crippen LogP contribution in [0.5, 0.6) is 5.75 Å². The zero-order chi connectivity index (χ0) is 20.0. The molecule has 3 N–H and O–H groups in total. The summed E-state index contributed by atoms with van der Waals surface area (Å²) in [6.45, 7) is 5.33. The molecule has 0 fully saturated rings. The zero-order valence-electron chi connectivity index (χ0n) is 15.4. The minimum atomic E-state index is -0.671. The summed E-state index contributed by atoms with van der Waals surface area (Å²) in [6.07, 6.45) is 0. The second-order valence-corrected chi connectivity index (χ2v) is 7.69. The molecule has 2 amide bonds. The number of amides is 2. The molecule has 1 aromatic carbocycles. The van der Waals surface area contributed by atoms with Crippen LogP contribution < -0.4 is 15.8 Å². The van der Waals surface area contributed by atoms with Crippen molar-refractivity contribution in [3.05, 3.63) is 46.8 Å². The Kier molecular flexibility index (Phi) is 6.57. The Morgan fingerprint density at radius 3 is 2.48 bits per heavy atom. The average molecular weight is 390 g/mol. The van der Waals surface area contributed by atoms with Crippen LogP contribution in [0, 0.1) is 0 Å². The van der Waals surface area contributed by atoms with Crippen molar-refractivity contribution in [3.8, 4) is 5.75 Å². The Hall–Kier alpha value is -2.87. The number of anilines is 1. The summed E-state index contributed by atoms with van der Waals surface area (Å²) < 4.78 is 10.5. The lowest BCUT2D eigenvalue weighted by Gasteiger charge is -2.22. The number of thiophene rings is 1. The van der Waals surface area contributed by atoms with Crippen molar-refractivity contribution in [2.45, 2.75) is 26.2 Å². The van der Waals surface area contributed by atoms with Gasteiger partial charge in [-0.3, -0.25) is 9.59 Å².